The Morgan fingerprint density at radius 3 is 2.81 bits per heavy atom. The van der Waals surface area contributed by atoms with Gasteiger partial charge in [0.05, 0.1) is 5.56 Å². The van der Waals surface area contributed by atoms with Crippen molar-refractivity contribution < 1.29 is 5.11 Å². The fourth-order valence-electron chi connectivity index (χ4n) is 2.72. The van der Waals surface area contributed by atoms with E-state index in [2.05, 4.69) is 25.4 Å². The second-order valence-electron chi connectivity index (χ2n) is 5.55. The van der Waals surface area contributed by atoms with Crippen molar-refractivity contribution in [3.8, 4) is 17.1 Å². The Balaban J connectivity index is 1.79. The number of aromatic hydroxyl groups is 1. The summed E-state index contributed by atoms with van der Waals surface area (Å²) >= 11 is 0. The first-order valence-corrected chi connectivity index (χ1v) is 7.32. The van der Waals surface area contributed by atoms with Crippen LogP contribution in [0.15, 0.2) is 18.2 Å². The molecule has 0 atom stereocenters. The van der Waals surface area contributed by atoms with E-state index in [0.717, 1.165) is 31.5 Å². The normalized spacial score (nSPS) is 16.4. The summed E-state index contributed by atoms with van der Waals surface area (Å²) < 4.78 is 0. The van der Waals surface area contributed by atoms with Gasteiger partial charge in [-0.05, 0) is 38.9 Å². The molecule has 6 heteroatoms. The van der Waals surface area contributed by atoms with Gasteiger partial charge in [-0.15, -0.1) is 5.10 Å². The van der Waals surface area contributed by atoms with Crippen molar-refractivity contribution in [1.82, 2.24) is 20.5 Å². The Morgan fingerprint density at radius 2 is 2.10 bits per heavy atom. The zero-order valence-electron chi connectivity index (χ0n) is 12.4. The molecule has 0 radical (unpaired) electrons. The van der Waals surface area contributed by atoms with Gasteiger partial charge in [-0.2, -0.15) is 4.98 Å². The number of aromatic amines is 1. The zero-order chi connectivity index (χ0) is 14.8. The monoisotopic (exact) mass is 287 g/mol. The third-order valence-corrected chi connectivity index (χ3v) is 4.07. The van der Waals surface area contributed by atoms with Crippen molar-refractivity contribution in [2.45, 2.75) is 25.8 Å². The molecule has 1 aromatic heterocycles. The third-order valence-electron chi connectivity index (χ3n) is 4.07. The van der Waals surface area contributed by atoms with Gasteiger partial charge in [-0.1, -0.05) is 11.6 Å². The molecular formula is C15H21N5O. The van der Waals surface area contributed by atoms with Crippen LogP contribution in [-0.2, 0) is 0 Å². The van der Waals surface area contributed by atoms with E-state index in [9.17, 15) is 5.11 Å². The Kier molecular flexibility index (Phi) is 3.79. The van der Waals surface area contributed by atoms with Crippen LogP contribution in [0.25, 0.3) is 11.4 Å². The fourth-order valence-corrected chi connectivity index (χ4v) is 2.72. The van der Waals surface area contributed by atoms with E-state index in [1.807, 2.05) is 26.1 Å². The molecule has 6 nitrogen and oxygen atoms in total. The smallest absolute Gasteiger partial charge is 0.245 e. The van der Waals surface area contributed by atoms with E-state index >= 15 is 0 Å². The molecule has 3 rings (SSSR count). The first-order valence-electron chi connectivity index (χ1n) is 7.32. The molecule has 0 unspecified atom stereocenters. The minimum Gasteiger partial charge on any atom is -0.507 e. The van der Waals surface area contributed by atoms with Crippen molar-refractivity contribution in [1.29, 1.82) is 0 Å². The SMILES string of the molecule is CNC1CCN(c2n[nH]c(-c3cc(C)ccc3O)n2)CC1. The standard InChI is InChI=1S/C15H21N5O/c1-10-3-4-13(21)12(9-10)14-17-15(19-18-14)20-7-5-11(16-2)6-8-20/h3-4,9,11,16,21H,5-8H2,1-2H3,(H,17,18,19). The van der Waals surface area contributed by atoms with Crippen LogP contribution in [0.4, 0.5) is 5.95 Å². The van der Waals surface area contributed by atoms with Gasteiger partial charge >= 0.3 is 0 Å². The lowest BCUT2D eigenvalue weighted by atomic mass is 10.1. The number of hydrogen-bond acceptors (Lipinski definition) is 5. The molecule has 0 amide bonds. The molecule has 0 bridgehead atoms. The number of benzene rings is 1. The van der Waals surface area contributed by atoms with Crippen molar-refractivity contribution in [2.75, 3.05) is 25.0 Å². The van der Waals surface area contributed by atoms with E-state index in [4.69, 9.17) is 0 Å². The van der Waals surface area contributed by atoms with Crippen molar-refractivity contribution >= 4 is 5.95 Å². The summed E-state index contributed by atoms with van der Waals surface area (Å²) in [4.78, 5) is 6.72. The minimum absolute atomic E-state index is 0.220. The summed E-state index contributed by atoms with van der Waals surface area (Å²) in [6.45, 7) is 3.88. The lowest BCUT2D eigenvalue weighted by molar-refractivity contribution is 0.439. The molecule has 1 aliphatic rings. The van der Waals surface area contributed by atoms with Gasteiger partial charge in [-0.25, -0.2) is 0 Å². The quantitative estimate of drug-likeness (QED) is 0.800. The highest BCUT2D eigenvalue weighted by Crippen LogP contribution is 2.28. The number of nitrogens with one attached hydrogen (secondary N) is 2. The van der Waals surface area contributed by atoms with Crippen LogP contribution < -0.4 is 10.2 Å². The summed E-state index contributed by atoms with van der Waals surface area (Å²) in [5.74, 6) is 1.54. The highest BCUT2D eigenvalue weighted by Gasteiger charge is 2.21. The Hall–Kier alpha value is -2.08. The number of hydrogen-bond donors (Lipinski definition) is 3. The number of rotatable bonds is 3. The average Bonchev–Trinajstić information content (AvgIpc) is 2.99. The number of aryl methyl sites for hydroxylation is 1. The number of aromatic nitrogens is 3. The van der Waals surface area contributed by atoms with Crippen molar-refractivity contribution in [3.05, 3.63) is 23.8 Å². The van der Waals surface area contributed by atoms with E-state index in [1.54, 1.807) is 6.07 Å². The Morgan fingerprint density at radius 1 is 1.33 bits per heavy atom. The fraction of sp³-hybridized carbons (Fsp3) is 0.467. The van der Waals surface area contributed by atoms with Gasteiger partial charge in [0.15, 0.2) is 5.82 Å². The van der Waals surface area contributed by atoms with Crippen LogP contribution in [0, 0.1) is 6.92 Å². The number of nitrogens with zero attached hydrogens (tertiary/aromatic N) is 3. The summed E-state index contributed by atoms with van der Waals surface area (Å²) in [6.07, 6.45) is 2.19. The molecule has 0 saturated carbocycles. The van der Waals surface area contributed by atoms with E-state index < -0.39 is 0 Å². The first-order chi connectivity index (χ1) is 10.2. The molecular weight excluding hydrogens is 266 g/mol. The van der Waals surface area contributed by atoms with Gasteiger partial charge in [0, 0.05) is 19.1 Å². The van der Waals surface area contributed by atoms with Crippen LogP contribution in [0.1, 0.15) is 18.4 Å². The summed E-state index contributed by atoms with van der Waals surface area (Å²) in [5.41, 5.74) is 1.77. The van der Waals surface area contributed by atoms with Gasteiger partial charge in [0.25, 0.3) is 0 Å². The maximum absolute atomic E-state index is 9.96. The van der Waals surface area contributed by atoms with Gasteiger partial charge in [0.2, 0.25) is 5.95 Å². The van der Waals surface area contributed by atoms with Crippen LogP contribution in [-0.4, -0.2) is 46.5 Å². The molecule has 112 valence electrons. The summed E-state index contributed by atoms with van der Waals surface area (Å²) in [6, 6.07) is 6.05. The summed E-state index contributed by atoms with van der Waals surface area (Å²) in [5, 5.41) is 20.5. The molecule has 0 aliphatic carbocycles. The number of piperidine rings is 1. The van der Waals surface area contributed by atoms with E-state index in [1.165, 1.54) is 0 Å². The maximum atomic E-state index is 9.96. The van der Waals surface area contributed by atoms with Gasteiger partial charge < -0.3 is 15.3 Å². The summed E-state index contributed by atoms with van der Waals surface area (Å²) in [7, 11) is 2.01. The van der Waals surface area contributed by atoms with Crippen LogP contribution >= 0.6 is 0 Å². The topological polar surface area (TPSA) is 77.1 Å². The van der Waals surface area contributed by atoms with E-state index in [-0.39, 0.29) is 5.75 Å². The number of H-pyrrole nitrogens is 1. The number of anilines is 1. The van der Waals surface area contributed by atoms with Crippen molar-refractivity contribution in [2.24, 2.45) is 0 Å². The number of phenolic OH excluding ortho intramolecular Hbond substituents is 1. The van der Waals surface area contributed by atoms with Crippen molar-refractivity contribution in [3.63, 3.8) is 0 Å². The molecule has 21 heavy (non-hydrogen) atoms. The van der Waals surface area contributed by atoms with Crippen LogP contribution in [0.5, 0.6) is 5.75 Å². The third kappa shape index (κ3) is 2.85. The lowest BCUT2D eigenvalue weighted by Gasteiger charge is -2.30. The Bertz CT molecular complexity index is 616. The average molecular weight is 287 g/mol. The molecule has 2 aromatic rings. The molecule has 1 fully saturated rings. The molecule has 1 aromatic carbocycles. The highest BCUT2D eigenvalue weighted by atomic mass is 16.3. The van der Waals surface area contributed by atoms with Crippen LogP contribution in [0.2, 0.25) is 0 Å². The molecule has 2 heterocycles. The van der Waals surface area contributed by atoms with Gasteiger partial charge in [-0.3, -0.25) is 5.10 Å². The second kappa shape index (κ2) is 5.73. The largest absolute Gasteiger partial charge is 0.507 e. The van der Waals surface area contributed by atoms with Gasteiger partial charge in [0.1, 0.15) is 5.75 Å². The predicted molar refractivity (Wildman–Crippen MR) is 82.5 cm³/mol. The molecule has 3 N–H and O–H groups in total. The molecule has 1 aliphatic heterocycles. The minimum atomic E-state index is 0.220. The highest BCUT2D eigenvalue weighted by molar-refractivity contribution is 5.65. The second-order valence-corrected chi connectivity index (χ2v) is 5.55. The first kappa shape index (κ1) is 13.9. The zero-order valence-corrected chi connectivity index (χ0v) is 12.4. The molecule has 0 spiro atoms. The molecule has 1 saturated heterocycles. The predicted octanol–water partition coefficient (Wildman–Crippen LogP) is 1.67. The van der Waals surface area contributed by atoms with Crippen LogP contribution in [0.3, 0.4) is 0 Å². The lowest BCUT2D eigenvalue weighted by Crippen LogP contribution is -2.41. The number of phenols is 1. The Labute approximate surface area is 124 Å². The van der Waals surface area contributed by atoms with E-state index in [0.29, 0.717) is 23.4 Å². The maximum Gasteiger partial charge on any atom is 0.245 e.